The molecule has 1 heterocycles. The summed E-state index contributed by atoms with van der Waals surface area (Å²) in [6, 6.07) is 8.76. The van der Waals surface area contributed by atoms with Crippen molar-refractivity contribution in [3.8, 4) is 0 Å². The van der Waals surface area contributed by atoms with Gasteiger partial charge in [-0.15, -0.1) is 0 Å². The Bertz CT molecular complexity index is 491. The number of hydrogen-bond acceptors (Lipinski definition) is 2. The highest BCUT2D eigenvalue weighted by Crippen LogP contribution is 2.48. The van der Waals surface area contributed by atoms with Gasteiger partial charge < -0.3 is 10.2 Å². The Morgan fingerprint density at radius 2 is 2.32 bits per heavy atom. The zero-order chi connectivity index (χ0) is 13.4. The van der Waals surface area contributed by atoms with Crippen LogP contribution >= 0.6 is 15.9 Å². The van der Waals surface area contributed by atoms with Crippen LogP contribution in [0.25, 0.3) is 0 Å². The summed E-state index contributed by atoms with van der Waals surface area (Å²) < 4.78 is 1.10. The Morgan fingerprint density at radius 3 is 3.05 bits per heavy atom. The number of hydrogen-bond donors (Lipinski definition) is 1. The first-order chi connectivity index (χ1) is 9.15. The van der Waals surface area contributed by atoms with E-state index in [9.17, 15) is 4.79 Å². The third-order valence-electron chi connectivity index (χ3n) is 4.06. The zero-order valence-corrected chi connectivity index (χ0v) is 12.7. The van der Waals surface area contributed by atoms with E-state index in [-0.39, 0.29) is 5.92 Å². The number of halogens is 1. The molecule has 2 fully saturated rings. The summed E-state index contributed by atoms with van der Waals surface area (Å²) in [5.41, 5.74) is 1.29. The lowest BCUT2D eigenvalue weighted by atomic mass is 10.1. The smallest absolute Gasteiger partial charge is 0.226 e. The molecule has 1 aromatic rings. The van der Waals surface area contributed by atoms with Crippen molar-refractivity contribution in [2.45, 2.75) is 25.3 Å². The van der Waals surface area contributed by atoms with Crippen LogP contribution < -0.4 is 5.32 Å². The van der Waals surface area contributed by atoms with Crippen LogP contribution in [-0.2, 0) is 4.79 Å². The van der Waals surface area contributed by atoms with E-state index in [1.54, 1.807) is 0 Å². The Kier molecular flexibility index (Phi) is 3.63. The van der Waals surface area contributed by atoms with Crippen molar-refractivity contribution in [3.05, 3.63) is 34.3 Å². The minimum Gasteiger partial charge on any atom is -0.340 e. The highest BCUT2D eigenvalue weighted by molar-refractivity contribution is 9.10. The van der Waals surface area contributed by atoms with E-state index < -0.39 is 0 Å². The lowest BCUT2D eigenvalue weighted by Crippen LogP contribution is -2.51. The first-order valence-electron chi connectivity index (χ1n) is 6.93. The molecule has 1 saturated carbocycles. The van der Waals surface area contributed by atoms with Gasteiger partial charge in [0.15, 0.2) is 0 Å². The lowest BCUT2D eigenvalue weighted by molar-refractivity contribution is -0.133. The first-order valence-corrected chi connectivity index (χ1v) is 7.72. The molecule has 0 spiro atoms. The van der Waals surface area contributed by atoms with E-state index in [0.29, 0.717) is 17.9 Å². The Labute approximate surface area is 122 Å². The van der Waals surface area contributed by atoms with Crippen LogP contribution in [0.15, 0.2) is 28.7 Å². The Morgan fingerprint density at radius 1 is 1.47 bits per heavy atom. The number of amides is 1. The highest BCUT2D eigenvalue weighted by atomic mass is 79.9. The van der Waals surface area contributed by atoms with E-state index >= 15 is 0 Å². The van der Waals surface area contributed by atoms with Crippen molar-refractivity contribution in [2.24, 2.45) is 5.92 Å². The van der Waals surface area contributed by atoms with Gasteiger partial charge in [0.2, 0.25) is 5.91 Å². The molecule has 0 aromatic heterocycles. The number of nitrogens with zero attached hydrogens (tertiary/aromatic N) is 1. The Hall–Kier alpha value is -0.870. The van der Waals surface area contributed by atoms with Gasteiger partial charge in [-0.05, 0) is 37.0 Å². The molecule has 1 N–H and O–H groups in total. The third kappa shape index (κ3) is 2.84. The first kappa shape index (κ1) is 13.1. The minimum atomic E-state index is 0.208. The minimum absolute atomic E-state index is 0.208. The summed E-state index contributed by atoms with van der Waals surface area (Å²) >= 11 is 3.50. The maximum Gasteiger partial charge on any atom is 0.226 e. The fourth-order valence-corrected chi connectivity index (χ4v) is 3.36. The van der Waals surface area contributed by atoms with E-state index in [0.717, 1.165) is 30.5 Å². The van der Waals surface area contributed by atoms with Crippen LogP contribution in [0.3, 0.4) is 0 Å². The molecule has 1 amide bonds. The predicted molar refractivity (Wildman–Crippen MR) is 79.0 cm³/mol. The van der Waals surface area contributed by atoms with Gasteiger partial charge in [0.05, 0.1) is 0 Å². The molecule has 0 bridgehead atoms. The fraction of sp³-hybridized carbons (Fsp3) is 0.533. The van der Waals surface area contributed by atoms with Gasteiger partial charge in [-0.1, -0.05) is 28.1 Å². The molecule has 0 radical (unpaired) electrons. The van der Waals surface area contributed by atoms with Crippen molar-refractivity contribution >= 4 is 21.8 Å². The normalized spacial score (nSPS) is 30.2. The maximum atomic E-state index is 12.5. The summed E-state index contributed by atoms with van der Waals surface area (Å²) in [7, 11) is 0. The number of rotatable bonds is 2. The number of carbonyl (C=O) groups excluding carboxylic acids is 1. The molecule has 4 heteroatoms. The average Bonchev–Trinajstić information content (AvgIpc) is 3.18. The monoisotopic (exact) mass is 322 g/mol. The van der Waals surface area contributed by atoms with Crippen molar-refractivity contribution in [1.82, 2.24) is 10.2 Å². The van der Waals surface area contributed by atoms with Gasteiger partial charge in [-0.3, -0.25) is 4.79 Å². The summed E-state index contributed by atoms with van der Waals surface area (Å²) in [6.45, 7) is 4.75. The summed E-state index contributed by atoms with van der Waals surface area (Å²) in [5, 5.41) is 3.38. The summed E-state index contributed by atoms with van der Waals surface area (Å²) in [6.07, 6.45) is 1.01. The molecule has 1 saturated heterocycles. The largest absolute Gasteiger partial charge is 0.340 e. The van der Waals surface area contributed by atoms with Gasteiger partial charge in [0.1, 0.15) is 0 Å². The summed E-state index contributed by atoms with van der Waals surface area (Å²) in [4.78, 5) is 14.5. The Balaban J connectivity index is 1.64. The van der Waals surface area contributed by atoms with Gasteiger partial charge in [-0.2, -0.15) is 0 Å². The van der Waals surface area contributed by atoms with Crippen LogP contribution in [0.2, 0.25) is 0 Å². The number of nitrogens with one attached hydrogen (secondary N) is 1. The second-order valence-corrected chi connectivity index (χ2v) is 6.56. The van der Waals surface area contributed by atoms with Crippen LogP contribution in [0.4, 0.5) is 0 Å². The molecular weight excluding hydrogens is 304 g/mol. The molecule has 1 aliphatic carbocycles. The molecule has 102 valence electrons. The number of benzene rings is 1. The molecule has 1 aliphatic heterocycles. The molecular formula is C15H19BrN2O. The molecule has 19 heavy (non-hydrogen) atoms. The van der Waals surface area contributed by atoms with E-state index in [2.05, 4.69) is 40.3 Å². The van der Waals surface area contributed by atoms with Gasteiger partial charge >= 0.3 is 0 Å². The fourth-order valence-electron chi connectivity index (χ4n) is 2.94. The van der Waals surface area contributed by atoms with E-state index in [4.69, 9.17) is 0 Å². The van der Waals surface area contributed by atoms with Crippen molar-refractivity contribution in [2.75, 3.05) is 19.6 Å². The van der Waals surface area contributed by atoms with Gasteiger partial charge in [-0.25, -0.2) is 0 Å². The molecule has 1 aromatic carbocycles. The van der Waals surface area contributed by atoms with Crippen molar-refractivity contribution < 1.29 is 4.79 Å². The van der Waals surface area contributed by atoms with Crippen molar-refractivity contribution in [1.29, 1.82) is 0 Å². The standard InChI is InChI=1S/C15H19BrN2O/c1-10-9-18(6-5-17-10)15(19)14-8-13(14)11-3-2-4-12(16)7-11/h2-4,7,10,13-14,17H,5-6,8-9H2,1H3/t10-,13+,14-/m1/s1. The predicted octanol–water partition coefficient (Wildman–Crippen LogP) is 2.37. The lowest BCUT2D eigenvalue weighted by Gasteiger charge is -2.32. The average molecular weight is 323 g/mol. The SMILES string of the molecule is C[C@@H]1CN(C(=O)[C@@H]2C[C@H]2c2cccc(Br)c2)CCN1. The highest BCUT2D eigenvalue weighted by Gasteiger charge is 2.46. The number of piperazine rings is 1. The van der Waals surface area contributed by atoms with E-state index in [1.807, 2.05) is 17.0 Å². The van der Waals surface area contributed by atoms with Crippen LogP contribution in [0, 0.1) is 5.92 Å². The van der Waals surface area contributed by atoms with Crippen LogP contribution in [0.5, 0.6) is 0 Å². The third-order valence-corrected chi connectivity index (χ3v) is 4.56. The molecule has 0 unspecified atom stereocenters. The maximum absolute atomic E-state index is 12.5. The van der Waals surface area contributed by atoms with Gasteiger partial charge in [0, 0.05) is 36.1 Å². The quantitative estimate of drug-likeness (QED) is 0.906. The van der Waals surface area contributed by atoms with Gasteiger partial charge in [0.25, 0.3) is 0 Å². The second kappa shape index (κ2) is 5.25. The zero-order valence-electron chi connectivity index (χ0n) is 11.1. The molecule has 2 aliphatic rings. The second-order valence-electron chi connectivity index (χ2n) is 5.64. The molecule has 3 atom stereocenters. The topological polar surface area (TPSA) is 32.3 Å². The summed E-state index contributed by atoms with van der Waals surface area (Å²) in [5.74, 6) is 0.980. The van der Waals surface area contributed by atoms with Crippen LogP contribution in [-0.4, -0.2) is 36.5 Å². The van der Waals surface area contributed by atoms with Crippen LogP contribution in [0.1, 0.15) is 24.8 Å². The number of carbonyl (C=O) groups is 1. The molecule has 3 rings (SSSR count). The van der Waals surface area contributed by atoms with E-state index in [1.165, 1.54) is 5.56 Å². The molecule has 3 nitrogen and oxygen atoms in total. The van der Waals surface area contributed by atoms with Crippen molar-refractivity contribution in [3.63, 3.8) is 0 Å².